The van der Waals surface area contributed by atoms with Crippen LogP contribution < -0.4 is 11.1 Å². The molecule has 0 saturated heterocycles. The molecule has 1 amide bonds. The van der Waals surface area contributed by atoms with Crippen LogP contribution in [0.25, 0.3) is 0 Å². The van der Waals surface area contributed by atoms with Crippen LogP contribution >= 0.6 is 0 Å². The Labute approximate surface area is 122 Å². The van der Waals surface area contributed by atoms with E-state index in [1.54, 1.807) is 0 Å². The van der Waals surface area contributed by atoms with Crippen molar-refractivity contribution in [3.05, 3.63) is 29.3 Å². The van der Waals surface area contributed by atoms with Crippen LogP contribution in [0.1, 0.15) is 29.8 Å². The van der Waals surface area contributed by atoms with Crippen molar-refractivity contribution in [2.45, 2.75) is 25.6 Å². The monoisotopic (exact) mass is 303 g/mol. The number of alkyl halides is 3. The minimum Gasteiger partial charge on any atom is -0.398 e. The third-order valence-corrected chi connectivity index (χ3v) is 3.55. The lowest BCUT2D eigenvalue weighted by Gasteiger charge is -2.32. The number of halogens is 3. The maximum atomic E-state index is 12.8. The second kappa shape index (κ2) is 5.93. The van der Waals surface area contributed by atoms with Crippen molar-refractivity contribution < 1.29 is 18.0 Å². The Morgan fingerprint density at radius 1 is 1.29 bits per heavy atom. The molecule has 0 aromatic heterocycles. The summed E-state index contributed by atoms with van der Waals surface area (Å²) < 4.78 is 38.3. The quantitative estimate of drug-likeness (QED) is 0.840. The summed E-state index contributed by atoms with van der Waals surface area (Å²) in [7, 11) is 3.70. The summed E-state index contributed by atoms with van der Waals surface area (Å²) in [6.45, 7) is 4.10. The Morgan fingerprint density at radius 3 is 2.33 bits per heavy atom. The highest BCUT2D eigenvalue weighted by Gasteiger charge is 2.34. The van der Waals surface area contributed by atoms with Gasteiger partial charge < -0.3 is 16.0 Å². The van der Waals surface area contributed by atoms with Crippen molar-refractivity contribution in [3.8, 4) is 0 Å². The first kappa shape index (κ1) is 17.3. The number of likely N-dealkylation sites (N-methyl/N-ethyl adjacent to an activating group) is 1. The summed E-state index contributed by atoms with van der Waals surface area (Å²) in [5.41, 5.74) is 3.43. The fraction of sp³-hybridized carbons (Fsp3) is 0.500. The average Bonchev–Trinajstić information content (AvgIpc) is 2.34. The van der Waals surface area contributed by atoms with Crippen LogP contribution in [0.4, 0.5) is 18.9 Å². The van der Waals surface area contributed by atoms with Gasteiger partial charge in [0.05, 0.1) is 16.8 Å². The van der Waals surface area contributed by atoms with Gasteiger partial charge in [-0.25, -0.2) is 0 Å². The molecule has 3 N–H and O–H groups in total. The molecule has 0 heterocycles. The van der Waals surface area contributed by atoms with E-state index in [4.69, 9.17) is 5.73 Å². The van der Waals surface area contributed by atoms with E-state index in [1.807, 2.05) is 32.8 Å². The molecule has 0 aliphatic rings. The number of nitrogens with zero attached hydrogens (tertiary/aromatic N) is 1. The molecule has 0 radical (unpaired) electrons. The maximum absolute atomic E-state index is 12.8. The van der Waals surface area contributed by atoms with Gasteiger partial charge in [0.15, 0.2) is 0 Å². The summed E-state index contributed by atoms with van der Waals surface area (Å²) >= 11 is 0. The van der Waals surface area contributed by atoms with Gasteiger partial charge in [0.2, 0.25) is 0 Å². The predicted molar refractivity (Wildman–Crippen MR) is 76.0 cm³/mol. The molecule has 118 valence electrons. The van der Waals surface area contributed by atoms with Crippen LogP contribution in [-0.4, -0.2) is 37.0 Å². The second-order valence-electron chi connectivity index (χ2n) is 5.65. The summed E-state index contributed by atoms with van der Waals surface area (Å²) in [6.07, 6.45) is -4.58. The van der Waals surface area contributed by atoms with E-state index in [9.17, 15) is 18.0 Å². The summed E-state index contributed by atoms with van der Waals surface area (Å²) in [5, 5.41) is 2.61. The molecule has 0 fully saturated rings. The molecule has 1 aromatic rings. The van der Waals surface area contributed by atoms with E-state index in [1.165, 1.54) is 12.1 Å². The average molecular weight is 303 g/mol. The van der Waals surface area contributed by atoms with Crippen molar-refractivity contribution in [2.24, 2.45) is 0 Å². The number of hydrogen-bond donors (Lipinski definition) is 2. The third kappa shape index (κ3) is 4.10. The number of carbonyl (C=O) groups is 1. The van der Waals surface area contributed by atoms with Crippen molar-refractivity contribution in [1.82, 2.24) is 10.2 Å². The first-order chi connectivity index (χ1) is 9.47. The SMILES string of the molecule is CN(C)C(C)(C)CNC(=O)c1cccc(C(F)(F)F)c1N. The van der Waals surface area contributed by atoms with E-state index in [2.05, 4.69) is 5.32 Å². The number of nitrogen functional groups attached to an aromatic ring is 1. The highest BCUT2D eigenvalue weighted by molar-refractivity contribution is 5.99. The molecule has 0 atom stereocenters. The van der Waals surface area contributed by atoms with Crippen LogP contribution in [0.2, 0.25) is 0 Å². The number of carbonyl (C=O) groups excluding carboxylic acids is 1. The van der Waals surface area contributed by atoms with Gasteiger partial charge in [0, 0.05) is 12.1 Å². The number of hydrogen-bond acceptors (Lipinski definition) is 3. The number of amides is 1. The third-order valence-electron chi connectivity index (χ3n) is 3.55. The Morgan fingerprint density at radius 2 is 1.86 bits per heavy atom. The van der Waals surface area contributed by atoms with Gasteiger partial charge >= 0.3 is 6.18 Å². The number of rotatable bonds is 4. The molecule has 0 unspecified atom stereocenters. The first-order valence-corrected chi connectivity index (χ1v) is 6.38. The molecular formula is C14H20F3N3O. The highest BCUT2D eigenvalue weighted by atomic mass is 19.4. The van der Waals surface area contributed by atoms with Crippen LogP contribution in [0, 0.1) is 0 Å². The first-order valence-electron chi connectivity index (χ1n) is 6.38. The van der Waals surface area contributed by atoms with Gasteiger partial charge in [0.1, 0.15) is 0 Å². The number of anilines is 1. The van der Waals surface area contributed by atoms with Crippen molar-refractivity contribution in [3.63, 3.8) is 0 Å². The molecule has 0 aliphatic heterocycles. The van der Waals surface area contributed by atoms with E-state index in [-0.39, 0.29) is 17.6 Å². The van der Waals surface area contributed by atoms with Crippen molar-refractivity contribution in [1.29, 1.82) is 0 Å². The van der Waals surface area contributed by atoms with Gasteiger partial charge in [-0.2, -0.15) is 13.2 Å². The van der Waals surface area contributed by atoms with Crippen LogP contribution in [0.3, 0.4) is 0 Å². The van der Waals surface area contributed by atoms with Crippen molar-refractivity contribution >= 4 is 11.6 Å². The second-order valence-corrected chi connectivity index (χ2v) is 5.65. The predicted octanol–water partition coefficient (Wildman–Crippen LogP) is 2.36. The fourth-order valence-corrected chi connectivity index (χ4v) is 1.56. The summed E-state index contributed by atoms with van der Waals surface area (Å²) in [4.78, 5) is 13.9. The Kier molecular flexibility index (Phi) is 4.88. The van der Waals surface area contributed by atoms with E-state index < -0.39 is 23.3 Å². The largest absolute Gasteiger partial charge is 0.418 e. The molecule has 1 rings (SSSR count). The zero-order valence-electron chi connectivity index (χ0n) is 12.5. The number of benzene rings is 1. The fourth-order valence-electron chi connectivity index (χ4n) is 1.56. The minimum absolute atomic E-state index is 0.167. The molecule has 4 nitrogen and oxygen atoms in total. The van der Waals surface area contributed by atoms with E-state index >= 15 is 0 Å². The van der Waals surface area contributed by atoms with Crippen LogP contribution in [0.15, 0.2) is 18.2 Å². The highest BCUT2D eigenvalue weighted by Crippen LogP contribution is 2.34. The standard InChI is InChI=1S/C14H20F3N3O/c1-13(2,20(3)4)8-19-12(21)9-6-5-7-10(11(9)18)14(15,16)17/h5-7H,8,18H2,1-4H3,(H,19,21). The Balaban J connectivity index is 2.95. The normalized spacial score (nSPS) is 12.6. The van der Waals surface area contributed by atoms with Crippen LogP contribution in [0.5, 0.6) is 0 Å². The van der Waals surface area contributed by atoms with E-state index in [0.717, 1.165) is 6.07 Å². The Bertz CT molecular complexity index is 525. The molecule has 0 saturated carbocycles. The van der Waals surface area contributed by atoms with Crippen LogP contribution in [-0.2, 0) is 6.18 Å². The molecule has 21 heavy (non-hydrogen) atoms. The lowest BCUT2D eigenvalue weighted by molar-refractivity contribution is -0.136. The maximum Gasteiger partial charge on any atom is 0.418 e. The molecule has 1 aromatic carbocycles. The number of para-hydroxylation sites is 1. The van der Waals surface area contributed by atoms with Crippen molar-refractivity contribution in [2.75, 3.05) is 26.4 Å². The van der Waals surface area contributed by atoms with E-state index in [0.29, 0.717) is 0 Å². The molecule has 0 bridgehead atoms. The van der Waals surface area contributed by atoms with Gasteiger partial charge in [-0.15, -0.1) is 0 Å². The zero-order chi connectivity index (χ0) is 16.4. The Hall–Kier alpha value is -1.76. The number of nitrogens with one attached hydrogen (secondary N) is 1. The summed E-state index contributed by atoms with van der Waals surface area (Å²) in [6, 6.07) is 3.31. The lowest BCUT2D eigenvalue weighted by atomic mass is 10.0. The van der Waals surface area contributed by atoms with Gasteiger partial charge in [-0.3, -0.25) is 4.79 Å². The lowest BCUT2D eigenvalue weighted by Crippen LogP contribution is -2.48. The molecule has 0 aliphatic carbocycles. The smallest absolute Gasteiger partial charge is 0.398 e. The summed E-state index contributed by atoms with van der Waals surface area (Å²) in [5.74, 6) is -0.617. The minimum atomic E-state index is -4.58. The van der Waals surface area contributed by atoms with Gasteiger partial charge in [-0.05, 0) is 40.1 Å². The molecule has 7 heteroatoms. The molecular weight excluding hydrogens is 283 g/mol. The topological polar surface area (TPSA) is 58.4 Å². The molecule has 0 spiro atoms. The van der Waals surface area contributed by atoms with Gasteiger partial charge in [0.25, 0.3) is 5.91 Å². The zero-order valence-corrected chi connectivity index (χ0v) is 12.5. The van der Waals surface area contributed by atoms with Gasteiger partial charge in [-0.1, -0.05) is 6.07 Å². The number of nitrogens with two attached hydrogens (primary N) is 1.